The van der Waals surface area contributed by atoms with Gasteiger partial charge in [0.2, 0.25) is 0 Å². The van der Waals surface area contributed by atoms with Gasteiger partial charge in [0.25, 0.3) is 29.1 Å². The van der Waals surface area contributed by atoms with E-state index in [1.807, 2.05) is 0 Å². The van der Waals surface area contributed by atoms with Crippen LogP contribution >= 0.6 is 31.9 Å². The molecule has 1 saturated carbocycles. The van der Waals surface area contributed by atoms with Crippen molar-refractivity contribution in [3.63, 3.8) is 0 Å². The molecule has 0 radical (unpaired) electrons. The van der Waals surface area contributed by atoms with Gasteiger partial charge in [0.05, 0.1) is 28.2 Å². The Labute approximate surface area is 215 Å². The van der Waals surface area contributed by atoms with Crippen molar-refractivity contribution in [1.29, 1.82) is 0 Å². The zero-order valence-electron chi connectivity index (χ0n) is 18.0. The Kier molecular flexibility index (Phi) is 6.99. The minimum atomic E-state index is -0.779. The van der Waals surface area contributed by atoms with Crippen LogP contribution < -0.4 is 0 Å². The number of carbonyl (C=O) groups is 3. The maximum absolute atomic E-state index is 13.5. The lowest BCUT2D eigenvalue weighted by atomic mass is 9.81. The number of hydrogen-bond donors (Lipinski definition) is 0. The van der Waals surface area contributed by atoms with E-state index in [0.29, 0.717) is 18.4 Å². The summed E-state index contributed by atoms with van der Waals surface area (Å²) >= 11 is 7.05. The van der Waals surface area contributed by atoms with Crippen molar-refractivity contribution in [2.24, 2.45) is 11.8 Å². The Morgan fingerprint density at radius 3 is 1.97 bits per heavy atom. The lowest BCUT2D eigenvalue weighted by Crippen LogP contribution is -2.49. The molecular weight excluding hydrogens is 592 g/mol. The predicted molar refractivity (Wildman–Crippen MR) is 130 cm³/mol. The van der Waals surface area contributed by atoms with E-state index in [-0.39, 0.29) is 33.1 Å². The summed E-state index contributed by atoms with van der Waals surface area (Å²) in [5.41, 5.74) is -0.116. The molecule has 0 unspecified atom stereocenters. The Bertz CT molecular complexity index is 1190. The predicted octanol–water partition coefficient (Wildman–Crippen LogP) is 3.98. The minimum Gasteiger partial charge on any atom is -0.272 e. The van der Waals surface area contributed by atoms with Gasteiger partial charge >= 0.3 is 0 Å². The fourth-order valence-corrected chi connectivity index (χ4v) is 5.58. The second kappa shape index (κ2) is 9.82. The van der Waals surface area contributed by atoms with E-state index in [4.69, 9.17) is 0 Å². The SMILES string of the molecule is O=C(c1cccc([N+](=O)[O-])c1)N(Cc1ccc([N+](=O)[O-])cc1)N1C(=O)[C@@H]2C[C@H](Br)[C@@H](Br)C[C@H]2C1=O. The zero-order chi connectivity index (χ0) is 25.4. The summed E-state index contributed by atoms with van der Waals surface area (Å²) in [5.74, 6) is -3.05. The third kappa shape index (κ3) is 4.82. The Balaban J connectivity index is 1.72. The molecule has 2 aromatic rings. The van der Waals surface area contributed by atoms with Gasteiger partial charge in [-0.25, -0.2) is 5.01 Å². The number of non-ortho nitro benzene ring substituents is 2. The maximum Gasteiger partial charge on any atom is 0.273 e. The molecule has 1 heterocycles. The van der Waals surface area contributed by atoms with Crippen LogP contribution in [0.2, 0.25) is 0 Å². The lowest BCUT2D eigenvalue weighted by molar-refractivity contribution is -0.385. The normalized spacial score (nSPS) is 23.7. The number of rotatable bonds is 6. The third-order valence-corrected chi connectivity index (χ3v) is 8.88. The highest BCUT2D eigenvalue weighted by atomic mass is 79.9. The van der Waals surface area contributed by atoms with Gasteiger partial charge in [-0.15, -0.1) is 0 Å². The van der Waals surface area contributed by atoms with Gasteiger partial charge in [-0.1, -0.05) is 50.1 Å². The molecule has 4 atom stereocenters. The third-order valence-electron chi connectivity index (χ3n) is 6.15. The number of nitrogens with zero attached hydrogens (tertiary/aromatic N) is 4. The Morgan fingerprint density at radius 1 is 0.914 bits per heavy atom. The number of nitro groups is 2. The number of halogens is 2. The van der Waals surface area contributed by atoms with Crippen LogP contribution in [0.1, 0.15) is 28.8 Å². The number of imide groups is 1. The zero-order valence-corrected chi connectivity index (χ0v) is 21.1. The number of alkyl halides is 2. The van der Waals surface area contributed by atoms with Gasteiger partial charge in [-0.3, -0.25) is 34.6 Å². The first-order valence-corrected chi connectivity index (χ1v) is 12.4. The largest absolute Gasteiger partial charge is 0.273 e. The highest BCUT2D eigenvalue weighted by Gasteiger charge is 2.54. The number of amides is 3. The van der Waals surface area contributed by atoms with Crippen molar-refractivity contribution in [3.8, 4) is 0 Å². The Hall–Kier alpha value is -3.19. The van der Waals surface area contributed by atoms with Crippen LogP contribution in [0.15, 0.2) is 48.5 Å². The molecule has 35 heavy (non-hydrogen) atoms. The highest BCUT2D eigenvalue weighted by Crippen LogP contribution is 2.44. The molecule has 2 aliphatic rings. The molecule has 1 saturated heterocycles. The molecule has 13 heteroatoms. The molecule has 0 spiro atoms. The smallest absolute Gasteiger partial charge is 0.272 e. The van der Waals surface area contributed by atoms with Crippen LogP contribution in [0.5, 0.6) is 0 Å². The van der Waals surface area contributed by atoms with Crippen LogP contribution in [-0.4, -0.2) is 47.2 Å². The second-order valence-electron chi connectivity index (χ2n) is 8.30. The summed E-state index contributed by atoms with van der Waals surface area (Å²) in [5, 5.41) is 24.0. The molecule has 2 aromatic carbocycles. The number of nitro benzene ring substituents is 2. The molecule has 4 rings (SSSR count). The number of benzene rings is 2. The van der Waals surface area contributed by atoms with E-state index >= 15 is 0 Å². The molecule has 182 valence electrons. The van der Waals surface area contributed by atoms with Crippen LogP contribution in [0.25, 0.3) is 0 Å². The summed E-state index contributed by atoms with van der Waals surface area (Å²) < 4.78 is 0. The van der Waals surface area contributed by atoms with Crippen LogP contribution in [-0.2, 0) is 16.1 Å². The van der Waals surface area contributed by atoms with Crippen molar-refractivity contribution in [2.75, 3.05) is 0 Å². The molecule has 1 aliphatic carbocycles. The minimum absolute atomic E-state index is 0.0314. The Morgan fingerprint density at radius 2 is 1.46 bits per heavy atom. The van der Waals surface area contributed by atoms with Crippen molar-refractivity contribution in [2.45, 2.75) is 29.0 Å². The van der Waals surface area contributed by atoms with E-state index in [1.54, 1.807) is 0 Å². The highest BCUT2D eigenvalue weighted by molar-refractivity contribution is 9.12. The van der Waals surface area contributed by atoms with Crippen molar-refractivity contribution in [1.82, 2.24) is 10.0 Å². The van der Waals surface area contributed by atoms with Crippen molar-refractivity contribution < 1.29 is 24.2 Å². The number of carbonyl (C=O) groups excluding carboxylic acids is 3. The second-order valence-corrected chi connectivity index (χ2v) is 10.7. The molecule has 1 aliphatic heterocycles. The van der Waals surface area contributed by atoms with Crippen LogP contribution in [0, 0.1) is 32.1 Å². The number of fused-ring (bicyclic) bond motifs is 1. The summed E-state index contributed by atoms with van der Waals surface area (Å²) in [6.45, 7) is -0.244. The molecule has 11 nitrogen and oxygen atoms in total. The average molecular weight is 610 g/mol. The van der Waals surface area contributed by atoms with E-state index in [2.05, 4.69) is 31.9 Å². The van der Waals surface area contributed by atoms with Gasteiger partial charge < -0.3 is 0 Å². The van der Waals surface area contributed by atoms with Gasteiger partial charge in [0.15, 0.2) is 0 Å². The molecule has 0 bridgehead atoms. The summed E-state index contributed by atoms with van der Waals surface area (Å²) in [4.78, 5) is 61.2. The van der Waals surface area contributed by atoms with Crippen molar-refractivity contribution in [3.05, 3.63) is 79.9 Å². The summed E-state index contributed by atoms with van der Waals surface area (Å²) in [6, 6.07) is 10.4. The fraction of sp³-hybridized carbons (Fsp3) is 0.318. The molecular formula is C22H18Br2N4O7. The van der Waals surface area contributed by atoms with Gasteiger partial charge in [0.1, 0.15) is 0 Å². The lowest BCUT2D eigenvalue weighted by Gasteiger charge is -2.30. The maximum atomic E-state index is 13.5. The van der Waals surface area contributed by atoms with Gasteiger partial charge in [-0.2, -0.15) is 5.01 Å². The standard InChI is InChI=1S/C22H18Br2N4O7/c23-18-9-16-17(10-19(18)24)22(31)26(21(16)30)25(11-12-4-6-14(7-5-12)27(32)33)20(29)13-2-1-3-15(8-13)28(34)35/h1-8,16-19H,9-11H2/t16-,17-,18+,19+/m1/s1. The number of hydrogen-bond acceptors (Lipinski definition) is 7. The summed E-state index contributed by atoms with van der Waals surface area (Å²) in [6.07, 6.45) is 0.802. The molecule has 0 aromatic heterocycles. The van der Waals surface area contributed by atoms with Gasteiger partial charge in [-0.05, 0) is 24.5 Å². The first kappa shape index (κ1) is 24.9. The number of hydrazine groups is 1. The van der Waals surface area contributed by atoms with E-state index < -0.39 is 39.4 Å². The van der Waals surface area contributed by atoms with Crippen molar-refractivity contribution >= 4 is 61.0 Å². The van der Waals surface area contributed by atoms with E-state index in [0.717, 1.165) is 16.1 Å². The fourth-order valence-electron chi connectivity index (χ4n) is 4.35. The first-order valence-electron chi connectivity index (χ1n) is 10.5. The molecule has 0 N–H and O–H groups in total. The molecule has 2 fully saturated rings. The van der Waals surface area contributed by atoms with Crippen LogP contribution in [0.3, 0.4) is 0 Å². The first-order chi connectivity index (χ1) is 16.6. The summed E-state index contributed by atoms with van der Waals surface area (Å²) in [7, 11) is 0. The monoisotopic (exact) mass is 608 g/mol. The molecule has 3 amide bonds. The topological polar surface area (TPSA) is 144 Å². The quantitative estimate of drug-likeness (QED) is 0.208. The van der Waals surface area contributed by atoms with E-state index in [1.165, 1.54) is 42.5 Å². The average Bonchev–Trinajstić information content (AvgIpc) is 3.06. The van der Waals surface area contributed by atoms with Crippen LogP contribution in [0.4, 0.5) is 11.4 Å². The van der Waals surface area contributed by atoms with E-state index in [9.17, 15) is 34.6 Å². The van der Waals surface area contributed by atoms with Gasteiger partial charge in [0, 0.05) is 39.5 Å².